The van der Waals surface area contributed by atoms with Crippen molar-refractivity contribution in [1.29, 1.82) is 0 Å². The molecule has 0 aliphatic carbocycles. The van der Waals surface area contributed by atoms with Gasteiger partial charge in [0.1, 0.15) is 0 Å². The molecule has 2 nitrogen and oxygen atoms in total. The third-order valence-corrected chi connectivity index (χ3v) is 4.20. The number of anilines is 1. The van der Waals surface area contributed by atoms with Crippen molar-refractivity contribution in [1.82, 2.24) is 5.32 Å². The summed E-state index contributed by atoms with van der Waals surface area (Å²) in [6.07, 6.45) is 0. The molecule has 0 atom stereocenters. The molecule has 2 N–H and O–H groups in total. The Morgan fingerprint density at radius 3 is 2.67 bits per heavy atom. The summed E-state index contributed by atoms with van der Waals surface area (Å²) < 4.78 is 0. The van der Waals surface area contributed by atoms with Crippen molar-refractivity contribution in [2.24, 2.45) is 0 Å². The summed E-state index contributed by atoms with van der Waals surface area (Å²) in [5.41, 5.74) is 3.62. The van der Waals surface area contributed by atoms with Crippen molar-refractivity contribution in [3.63, 3.8) is 0 Å². The van der Waals surface area contributed by atoms with Gasteiger partial charge in [0.15, 0.2) is 5.11 Å². The van der Waals surface area contributed by atoms with Crippen LogP contribution in [0.25, 0.3) is 0 Å². The number of hydrogen-bond acceptors (Lipinski definition) is 2. The van der Waals surface area contributed by atoms with E-state index in [4.69, 9.17) is 12.2 Å². The predicted molar refractivity (Wildman–Crippen MR) is 98.0 cm³/mol. The molecule has 0 radical (unpaired) electrons. The zero-order valence-corrected chi connectivity index (χ0v) is 13.8. The molecule has 0 aliphatic heterocycles. The van der Waals surface area contributed by atoms with Crippen LogP contribution in [0.4, 0.5) is 5.69 Å². The highest BCUT2D eigenvalue weighted by Crippen LogP contribution is 2.11. The summed E-state index contributed by atoms with van der Waals surface area (Å²) in [6.45, 7) is 2.94. The van der Waals surface area contributed by atoms with Gasteiger partial charge in [-0.1, -0.05) is 42.5 Å². The van der Waals surface area contributed by atoms with Crippen molar-refractivity contribution in [3.8, 4) is 0 Å². The van der Waals surface area contributed by atoms with E-state index >= 15 is 0 Å². The third kappa shape index (κ3) is 6.19. The maximum Gasteiger partial charge on any atom is 0.170 e. The number of hydrogen-bond donors (Lipinski definition) is 2. The summed E-state index contributed by atoms with van der Waals surface area (Å²) in [6, 6.07) is 18.7. The van der Waals surface area contributed by atoms with Gasteiger partial charge in [0, 0.05) is 23.7 Å². The van der Waals surface area contributed by atoms with Gasteiger partial charge < -0.3 is 10.6 Å². The van der Waals surface area contributed by atoms with Gasteiger partial charge in [0.2, 0.25) is 0 Å². The second-order valence-electron chi connectivity index (χ2n) is 4.79. The third-order valence-electron chi connectivity index (χ3n) is 2.92. The monoisotopic (exact) mass is 316 g/mol. The van der Waals surface area contributed by atoms with Crippen LogP contribution in [-0.2, 0) is 5.75 Å². The first-order valence-corrected chi connectivity index (χ1v) is 8.53. The van der Waals surface area contributed by atoms with Gasteiger partial charge in [-0.2, -0.15) is 11.8 Å². The Hall–Kier alpha value is -1.52. The van der Waals surface area contributed by atoms with E-state index in [1.807, 2.05) is 30.0 Å². The van der Waals surface area contributed by atoms with Crippen LogP contribution in [0.15, 0.2) is 54.6 Å². The molecule has 0 fully saturated rings. The minimum Gasteiger partial charge on any atom is -0.362 e. The van der Waals surface area contributed by atoms with E-state index in [0.717, 1.165) is 23.7 Å². The minimum absolute atomic E-state index is 0.681. The molecule has 110 valence electrons. The van der Waals surface area contributed by atoms with Crippen molar-refractivity contribution in [2.75, 3.05) is 17.6 Å². The largest absolute Gasteiger partial charge is 0.362 e. The van der Waals surface area contributed by atoms with Crippen molar-refractivity contribution in [2.45, 2.75) is 12.7 Å². The maximum atomic E-state index is 5.29. The Balaban J connectivity index is 1.61. The van der Waals surface area contributed by atoms with Gasteiger partial charge in [0.25, 0.3) is 0 Å². The Kier molecular flexibility index (Phi) is 6.57. The first kappa shape index (κ1) is 15.9. The molecule has 2 aromatic rings. The molecule has 2 aromatic carbocycles. The molecule has 4 heteroatoms. The fourth-order valence-corrected chi connectivity index (χ4v) is 2.94. The first-order valence-electron chi connectivity index (χ1n) is 6.97. The van der Waals surface area contributed by atoms with Crippen LogP contribution in [-0.4, -0.2) is 17.4 Å². The second kappa shape index (κ2) is 8.70. The molecule has 0 bridgehead atoms. The number of nitrogens with one attached hydrogen (secondary N) is 2. The molecule has 0 heterocycles. The number of rotatable bonds is 6. The SMILES string of the molecule is Cc1cccc(NC(=S)NCCSCc2ccccc2)c1. The molecule has 0 amide bonds. The normalized spacial score (nSPS) is 10.1. The Bertz CT molecular complexity index is 570. The number of aryl methyl sites for hydroxylation is 1. The van der Waals surface area contributed by atoms with Crippen molar-refractivity contribution >= 4 is 34.8 Å². The lowest BCUT2D eigenvalue weighted by molar-refractivity contribution is 0.990. The fourth-order valence-electron chi connectivity index (χ4n) is 1.90. The van der Waals surface area contributed by atoms with Crippen molar-refractivity contribution < 1.29 is 0 Å². The summed E-state index contributed by atoms with van der Waals surface area (Å²) in [5, 5.41) is 7.12. The standard InChI is InChI=1S/C17H20N2S2/c1-14-6-5-9-16(12-14)19-17(20)18-10-11-21-13-15-7-3-2-4-8-15/h2-9,12H,10-11,13H2,1H3,(H2,18,19,20). The Labute approximate surface area is 136 Å². The van der Waals surface area contributed by atoms with Crippen LogP contribution in [0.2, 0.25) is 0 Å². The first-order chi connectivity index (χ1) is 10.2. The summed E-state index contributed by atoms with van der Waals surface area (Å²) >= 11 is 7.20. The van der Waals surface area contributed by atoms with Gasteiger partial charge in [-0.05, 0) is 42.4 Å². The molecule has 0 saturated heterocycles. The zero-order chi connectivity index (χ0) is 14.9. The van der Waals surface area contributed by atoms with E-state index in [1.54, 1.807) is 0 Å². The van der Waals surface area contributed by atoms with Crippen LogP contribution in [0, 0.1) is 6.92 Å². The highest BCUT2D eigenvalue weighted by atomic mass is 32.2. The molecule has 21 heavy (non-hydrogen) atoms. The topological polar surface area (TPSA) is 24.1 Å². The van der Waals surface area contributed by atoms with Crippen LogP contribution in [0.3, 0.4) is 0 Å². The van der Waals surface area contributed by atoms with Gasteiger partial charge in [0.05, 0.1) is 0 Å². The molecule has 0 saturated carbocycles. The number of benzene rings is 2. The van der Waals surface area contributed by atoms with E-state index < -0.39 is 0 Å². The Morgan fingerprint density at radius 1 is 1.10 bits per heavy atom. The van der Waals surface area contributed by atoms with E-state index in [0.29, 0.717) is 5.11 Å². The second-order valence-corrected chi connectivity index (χ2v) is 6.30. The predicted octanol–water partition coefficient (Wildman–Crippen LogP) is 4.21. The molecule has 2 rings (SSSR count). The smallest absolute Gasteiger partial charge is 0.170 e. The zero-order valence-electron chi connectivity index (χ0n) is 12.1. The highest BCUT2D eigenvalue weighted by molar-refractivity contribution is 7.98. The van der Waals surface area contributed by atoms with E-state index in [-0.39, 0.29) is 0 Å². The molecule has 0 aromatic heterocycles. The highest BCUT2D eigenvalue weighted by Gasteiger charge is 1.98. The van der Waals surface area contributed by atoms with E-state index in [2.05, 4.69) is 54.0 Å². The lowest BCUT2D eigenvalue weighted by Gasteiger charge is -2.10. The summed E-state index contributed by atoms with van der Waals surface area (Å²) in [7, 11) is 0. The van der Waals surface area contributed by atoms with Crippen LogP contribution >= 0.6 is 24.0 Å². The molecular formula is C17H20N2S2. The Morgan fingerprint density at radius 2 is 1.90 bits per heavy atom. The van der Waals surface area contributed by atoms with Crippen LogP contribution in [0.5, 0.6) is 0 Å². The van der Waals surface area contributed by atoms with E-state index in [9.17, 15) is 0 Å². The van der Waals surface area contributed by atoms with Gasteiger partial charge in [-0.3, -0.25) is 0 Å². The average molecular weight is 316 g/mol. The lowest BCUT2D eigenvalue weighted by atomic mass is 10.2. The molecule has 0 spiro atoms. The summed E-state index contributed by atoms with van der Waals surface area (Å²) in [5.74, 6) is 2.07. The van der Waals surface area contributed by atoms with Gasteiger partial charge in [-0.25, -0.2) is 0 Å². The fraction of sp³-hybridized carbons (Fsp3) is 0.235. The van der Waals surface area contributed by atoms with Gasteiger partial charge >= 0.3 is 0 Å². The lowest BCUT2D eigenvalue weighted by Crippen LogP contribution is -2.30. The minimum atomic E-state index is 0.681. The van der Waals surface area contributed by atoms with E-state index in [1.165, 1.54) is 11.1 Å². The number of thiocarbonyl (C=S) groups is 1. The maximum absolute atomic E-state index is 5.29. The quantitative estimate of drug-likeness (QED) is 0.616. The van der Waals surface area contributed by atoms with Crippen LogP contribution < -0.4 is 10.6 Å². The molecular weight excluding hydrogens is 296 g/mol. The number of thioether (sulfide) groups is 1. The summed E-state index contributed by atoms with van der Waals surface area (Å²) in [4.78, 5) is 0. The van der Waals surface area contributed by atoms with Crippen LogP contribution in [0.1, 0.15) is 11.1 Å². The van der Waals surface area contributed by atoms with Crippen molar-refractivity contribution in [3.05, 3.63) is 65.7 Å². The molecule has 0 unspecified atom stereocenters. The molecule has 0 aliphatic rings. The van der Waals surface area contributed by atoms with Gasteiger partial charge in [-0.15, -0.1) is 0 Å². The average Bonchev–Trinajstić information content (AvgIpc) is 2.48.